The van der Waals surface area contributed by atoms with Crippen LogP contribution in [0, 0.1) is 36.9 Å². The van der Waals surface area contributed by atoms with Gasteiger partial charge in [0.15, 0.2) is 16.9 Å². The maximum Gasteiger partial charge on any atom is 0.309 e. The van der Waals surface area contributed by atoms with Gasteiger partial charge in [-0.05, 0) is 60.4 Å². The van der Waals surface area contributed by atoms with E-state index in [1.807, 2.05) is 42.2 Å². The van der Waals surface area contributed by atoms with Crippen LogP contribution in [0.5, 0.6) is 5.75 Å². The Morgan fingerprint density at radius 3 is 2.72 bits per heavy atom. The summed E-state index contributed by atoms with van der Waals surface area (Å²) in [5, 5.41) is 24.6. The molecular formula is C40H35ClFN7O5. The van der Waals surface area contributed by atoms with Gasteiger partial charge in [0.2, 0.25) is 5.89 Å². The van der Waals surface area contributed by atoms with Crippen molar-refractivity contribution in [2.45, 2.75) is 37.9 Å². The van der Waals surface area contributed by atoms with E-state index in [4.69, 9.17) is 25.7 Å². The smallest absolute Gasteiger partial charge is 0.309 e. The first kappa shape index (κ1) is 36.3. The van der Waals surface area contributed by atoms with E-state index in [0.29, 0.717) is 47.6 Å². The normalized spacial score (nSPS) is 18.4. The molecule has 1 fully saturated rings. The van der Waals surface area contributed by atoms with Gasteiger partial charge in [0.1, 0.15) is 23.0 Å². The summed E-state index contributed by atoms with van der Waals surface area (Å²) in [7, 11) is 1.49. The number of rotatable bonds is 11. The lowest BCUT2D eigenvalue weighted by molar-refractivity contribution is -0.147. The van der Waals surface area contributed by atoms with Crippen LogP contribution < -0.4 is 15.4 Å². The highest BCUT2D eigenvalue weighted by Crippen LogP contribution is 2.43. The highest BCUT2D eigenvalue weighted by molar-refractivity contribution is 6.28. The fourth-order valence-corrected chi connectivity index (χ4v) is 7.17. The molecular weight excluding hydrogens is 713 g/mol. The number of nitrogens with zero attached hydrogens (tertiary/aromatic N) is 5. The molecule has 1 saturated heterocycles. The van der Waals surface area contributed by atoms with E-state index in [-0.39, 0.29) is 40.7 Å². The topological polar surface area (TPSA) is 166 Å². The number of carbonyl (C=O) groups excluding carboxylic acids is 1. The molecule has 1 aliphatic heterocycles. The Morgan fingerprint density at radius 1 is 1.19 bits per heavy atom. The number of carboxylic acid groups (broad SMARTS) is 1. The molecule has 0 bridgehead atoms. The molecule has 14 heteroatoms. The molecule has 5 aromatic rings. The summed E-state index contributed by atoms with van der Waals surface area (Å²) in [6, 6.07) is 16.3. The van der Waals surface area contributed by atoms with Crippen LogP contribution in [0.15, 0.2) is 83.6 Å². The summed E-state index contributed by atoms with van der Waals surface area (Å²) in [5.74, 6) is -1.88. The first-order chi connectivity index (χ1) is 26.0. The monoisotopic (exact) mass is 747 g/mol. The Bertz CT molecular complexity index is 2400. The van der Waals surface area contributed by atoms with Crippen molar-refractivity contribution < 1.29 is 28.2 Å². The summed E-state index contributed by atoms with van der Waals surface area (Å²) in [4.78, 5) is 40.7. The molecule has 2 unspecified atom stereocenters. The highest BCUT2D eigenvalue weighted by atomic mass is 35.5. The Kier molecular flexibility index (Phi) is 9.89. The molecule has 7 rings (SSSR count). The second-order valence-electron chi connectivity index (χ2n) is 13.3. The van der Waals surface area contributed by atoms with Gasteiger partial charge >= 0.3 is 5.97 Å². The molecule has 0 spiro atoms. The second-order valence-corrected chi connectivity index (χ2v) is 13.8. The average molecular weight is 748 g/mol. The average Bonchev–Trinajstić information content (AvgIpc) is 3.59. The molecule has 3 N–H and O–H groups in total. The van der Waals surface area contributed by atoms with Gasteiger partial charge in [-0.2, -0.15) is 5.26 Å². The predicted octanol–water partition coefficient (Wildman–Crippen LogP) is 6.27. The molecule has 1 aliphatic carbocycles. The third kappa shape index (κ3) is 6.77. The van der Waals surface area contributed by atoms with E-state index < -0.39 is 34.5 Å². The van der Waals surface area contributed by atoms with Crippen molar-refractivity contribution in [3.8, 4) is 11.8 Å². The number of ether oxygens (including phenoxy) is 1. The van der Waals surface area contributed by atoms with Crippen LogP contribution in [0.1, 0.15) is 49.9 Å². The van der Waals surface area contributed by atoms with E-state index in [9.17, 15) is 24.3 Å². The molecule has 4 heterocycles. The first-order valence-corrected chi connectivity index (χ1v) is 17.5. The number of allylic oxidation sites excluding steroid dienone is 2. The lowest BCUT2D eigenvalue weighted by atomic mass is 9.81. The van der Waals surface area contributed by atoms with Crippen LogP contribution in [-0.2, 0) is 23.4 Å². The van der Waals surface area contributed by atoms with Crippen LogP contribution in [0.4, 0.5) is 10.1 Å². The number of carboxylic acids is 1. The third-order valence-corrected chi connectivity index (χ3v) is 10.3. The number of anilines is 1. The van der Waals surface area contributed by atoms with Crippen LogP contribution in [0.25, 0.3) is 16.7 Å². The number of nitriles is 1. The van der Waals surface area contributed by atoms with Crippen molar-refractivity contribution >= 4 is 45.8 Å². The number of likely N-dealkylation sites (tertiary alicyclic amines) is 1. The van der Waals surface area contributed by atoms with Crippen molar-refractivity contribution in [3.05, 3.63) is 130 Å². The van der Waals surface area contributed by atoms with Gasteiger partial charge in [-0.3, -0.25) is 24.5 Å². The standard InChI is InChI=1S/C40H35ClFN7O5/c1-22-7-4-5-8-28(22)29-9-6-11-40(36(29)41,48-37(50)32-15-33(53-3)26(18-46-32)19-49-20-27(21-49)38(51)52)39-47-31-14-24(13-25(16-43)35(31)54-39)17-45-30-10-12-44-23(2)34(30)42/h4-15,18,27,36H,17,19-21H2,1-3H3,(H,44,45)(H,48,50)(H,51,52). The maximum atomic E-state index is 14.7. The van der Waals surface area contributed by atoms with Gasteiger partial charge < -0.3 is 24.9 Å². The van der Waals surface area contributed by atoms with Gasteiger partial charge in [-0.25, -0.2) is 9.37 Å². The number of alkyl halides is 1. The van der Waals surface area contributed by atoms with Gasteiger partial charge in [0.25, 0.3) is 5.91 Å². The predicted molar refractivity (Wildman–Crippen MR) is 199 cm³/mol. The van der Waals surface area contributed by atoms with Crippen LogP contribution in [0.3, 0.4) is 0 Å². The minimum Gasteiger partial charge on any atom is -0.496 e. The van der Waals surface area contributed by atoms with E-state index in [0.717, 1.165) is 11.1 Å². The van der Waals surface area contributed by atoms with Crippen molar-refractivity contribution in [1.82, 2.24) is 25.2 Å². The fraction of sp³-hybridized carbons (Fsp3) is 0.250. The first-order valence-electron chi connectivity index (χ1n) is 17.1. The molecule has 3 aromatic heterocycles. The van der Waals surface area contributed by atoms with Gasteiger partial charge in [0, 0.05) is 50.2 Å². The van der Waals surface area contributed by atoms with Crippen molar-refractivity contribution in [2.75, 3.05) is 25.5 Å². The van der Waals surface area contributed by atoms with E-state index in [1.54, 1.807) is 31.2 Å². The zero-order valence-corrected chi connectivity index (χ0v) is 30.3. The van der Waals surface area contributed by atoms with Crippen LogP contribution >= 0.6 is 11.6 Å². The number of aryl methyl sites for hydroxylation is 2. The number of hydrogen-bond donors (Lipinski definition) is 3. The summed E-state index contributed by atoms with van der Waals surface area (Å²) in [6.07, 6.45) is 8.39. The molecule has 1 amide bonds. The fourth-order valence-electron chi connectivity index (χ4n) is 6.76. The number of pyridine rings is 2. The lowest BCUT2D eigenvalue weighted by Gasteiger charge is -2.37. The van der Waals surface area contributed by atoms with E-state index in [2.05, 4.69) is 26.7 Å². The van der Waals surface area contributed by atoms with Crippen molar-refractivity contribution in [1.29, 1.82) is 5.26 Å². The highest BCUT2D eigenvalue weighted by Gasteiger charge is 2.47. The van der Waals surface area contributed by atoms with Crippen molar-refractivity contribution in [3.63, 3.8) is 0 Å². The van der Waals surface area contributed by atoms with Crippen molar-refractivity contribution in [2.24, 2.45) is 5.92 Å². The number of fused-ring (bicyclic) bond motifs is 1. The Balaban J connectivity index is 1.25. The number of benzene rings is 2. The molecule has 2 aliphatic rings. The zero-order valence-electron chi connectivity index (χ0n) is 29.6. The number of methoxy groups -OCH3 is 1. The van der Waals surface area contributed by atoms with Crippen LogP contribution in [0.2, 0.25) is 0 Å². The minimum atomic E-state index is -1.57. The Morgan fingerprint density at radius 2 is 1.98 bits per heavy atom. The van der Waals surface area contributed by atoms with Gasteiger partial charge in [0.05, 0.1) is 35.3 Å². The number of oxazole rings is 1. The number of amides is 1. The SMILES string of the molecule is COc1cc(C(=O)NC2(c3nc4cc(CNc5ccnc(C)c5F)cc(C#N)c4o3)C=CC=C(c3ccccc3C)C2Cl)ncc1CN1CC(C(=O)O)C1. The Labute approximate surface area is 315 Å². The number of halogens is 2. The second kappa shape index (κ2) is 14.7. The largest absolute Gasteiger partial charge is 0.496 e. The molecule has 12 nitrogen and oxygen atoms in total. The van der Waals surface area contributed by atoms with E-state index >= 15 is 0 Å². The summed E-state index contributed by atoms with van der Waals surface area (Å²) >= 11 is 7.41. The number of aliphatic carboxylic acids is 1. The molecule has 54 heavy (non-hydrogen) atoms. The van der Waals surface area contributed by atoms with Gasteiger partial charge in [-0.15, -0.1) is 11.6 Å². The quantitative estimate of drug-likeness (QED) is 0.130. The number of hydrogen-bond acceptors (Lipinski definition) is 10. The summed E-state index contributed by atoms with van der Waals surface area (Å²) in [5.41, 5.74) is 3.58. The minimum absolute atomic E-state index is 0.0343. The maximum absolute atomic E-state index is 14.7. The molecule has 0 radical (unpaired) electrons. The Hall–Kier alpha value is -6.10. The molecule has 274 valence electrons. The lowest BCUT2D eigenvalue weighted by Crippen LogP contribution is -2.52. The van der Waals surface area contributed by atoms with Gasteiger partial charge in [-0.1, -0.05) is 36.4 Å². The van der Waals surface area contributed by atoms with E-state index in [1.165, 1.54) is 31.6 Å². The summed E-state index contributed by atoms with van der Waals surface area (Å²) < 4.78 is 26.7. The summed E-state index contributed by atoms with van der Waals surface area (Å²) in [6.45, 7) is 4.93. The molecule has 2 atom stereocenters. The number of aromatic nitrogens is 3. The zero-order chi connectivity index (χ0) is 38.1. The number of carbonyl (C=O) groups is 2. The third-order valence-electron chi connectivity index (χ3n) is 9.75. The van der Waals surface area contributed by atoms with Crippen LogP contribution in [-0.4, -0.2) is 62.4 Å². The molecule has 0 saturated carbocycles. The number of nitrogens with one attached hydrogen (secondary N) is 2. The molecule has 2 aromatic carbocycles.